The first-order chi connectivity index (χ1) is 11.0. The Morgan fingerprint density at radius 3 is 2.04 bits per heavy atom. The average Bonchev–Trinajstić information content (AvgIpc) is 2.49. The number of nitrogens with two attached hydrogens (primary N) is 1. The number of hydrogen-bond donors (Lipinski definition) is 3. The van der Waals surface area contributed by atoms with E-state index < -0.39 is 34.8 Å². The summed E-state index contributed by atoms with van der Waals surface area (Å²) in [5, 5.41) is 16.5. The highest BCUT2D eigenvalue weighted by Gasteiger charge is 2.32. The molecule has 0 saturated heterocycles. The van der Waals surface area contributed by atoms with Crippen LogP contribution in [0.3, 0.4) is 0 Å². The molecule has 4 nitrogen and oxygen atoms in total. The zero-order valence-corrected chi connectivity index (χ0v) is 13.6. The molecule has 0 atom stereocenters. The minimum Gasteiger partial charge on any atom is -0.409 e. The lowest BCUT2D eigenvalue weighted by Crippen LogP contribution is -2.30. The number of anilines is 1. The lowest BCUT2D eigenvalue weighted by molar-refractivity contribution is -0.375. The van der Waals surface area contributed by atoms with Crippen molar-refractivity contribution < 1.29 is 32.5 Å². The second kappa shape index (κ2) is 7.23. The molecular weight excluding hydrogens is 330 g/mol. The van der Waals surface area contributed by atoms with Crippen LogP contribution in [0.5, 0.6) is 5.75 Å². The minimum atomic E-state index is -4.26. The van der Waals surface area contributed by atoms with Gasteiger partial charge in [-0.05, 0) is 23.6 Å². The van der Waals surface area contributed by atoms with Gasteiger partial charge in [0, 0.05) is 16.5 Å². The van der Waals surface area contributed by atoms with Gasteiger partial charge in [0.2, 0.25) is 5.82 Å². The van der Waals surface area contributed by atoms with Crippen LogP contribution in [-0.2, 0) is 0 Å². The topological polar surface area (TPSA) is 75.7 Å². The third kappa shape index (κ3) is 3.88. The number of alkyl halides is 1. The number of aliphatic hydroxyl groups is 2. The summed E-state index contributed by atoms with van der Waals surface area (Å²) < 4.78 is 58.4. The monoisotopic (exact) mass is 349 g/mol. The SMILES string of the molecule is CC.CC(C)c1cc(N)cc2c(F)c(F)c(F)c(OC(O)(O)F)c12. The summed E-state index contributed by atoms with van der Waals surface area (Å²) in [6.45, 7) is 7.30. The van der Waals surface area contributed by atoms with E-state index in [9.17, 15) is 17.6 Å². The summed E-state index contributed by atoms with van der Waals surface area (Å²) in [6.07, 6.45) is -4.26. The molecule has 0 aliphatic carbocycles. The molecule has 0 fully saturated rings. The summed E-state index contributed by atoms with van der Waals surface area (Å²) in [7, 11) is 0. The van der Waals surface area contributed by atoms with Crippen molar-refractivity contribution >= 4 is 16.5 Å². The van der Waals surface area contributed by atoms with E-state index in [2.05, 4.69) is 4.74 Å². The van der Waals surface area contributed by atoms with Crippen molar-refractivity contribution in [2.45, 2.75) is 39.8 Å². The van der Waals surface area contributed by atoms with Gasteiger partial charge in [-0.25, -0.2) is 8.78 Å². The maximum atomic E-state index is 14.0. The van der Waals surface area contributed by atoms with Crippen molar-refractivity contribution in [3.63, 3.8) is 0 Å². The molecule has 24 heavy (non-hydrogen) atoms. The fourth-order valence-electron chi connectivity index (χ4n) is 2.22. The normalized spacial score (nSPS) is 11.5. The fourth-order valence-corrected chi connectivity index (χ4v) is 2.22. The molecule has 0 radical (unpaired) electrons. The number of halogens is 4. The molecule has 0 saturated carbocycles. The number of benzene rings is 2. The molecule has 8 heteroatoms. The molecule has 0 aliphatic heterocycles. The molecule has 2 rings (SSSR count). The van der Waals surface area contributed by atoms with Crippen LogP contribution >= 0.6 is 0 Å². The van der Waals surface area contributed by atoms with Gasteiger partial charge in [-0.2, -0.15) is 4.39 Å². The number of ether oxygens (including phenoxy) is 1. The quantitative estimate of drug-likeness (QED) is 0.340. The first kappa shape index (κ1) is 20.0. The van der Waals surface area contributed by atoms with Gasteiger partial charge in [0.15, 0.2) is 17.4 Å². The van der Waals surface area contributed by atoms with Crippen molar-refractivity contribution in [3.8, 4) is 5.75 Å². The highest BCUT2D eigenvalue weighted by atomic mass is 19.2. The predicted octanol–water partition coefficient (Wildman–Crippen LogP) is 3.93. The zero-order valence-electron chi connectivity index (χ0n) is 13.6. The first-order valence-electron chi connectivity index (χ1n) is 7.25. The molecule has 0 aliphatic rings. The number of rotatable bonds is 3. The van der Waals surface area contributed by atoms with Gasteiger partial charge in [-0.1, -0.05) is 27.7 Å². The molecule has 4 N–H and O–H groups in total. The Kier molecular flexibility index (Phi) is 6.02. The van der Waals surface area contributed by atoms with Crippen LogP contribution < -0.4 is 10.5 Å². The highest BCUT2D eigenvalue weighted by molar-refractivity contribution is 5.95. The second-order valence-corrected chi connectivity index (χ2v) is 5.09. The standard InChI is InChI=1S/C14H13F4NO3.C2H6/c1-5(2)7-3-6(19)4-8-9(7)13(22-14(18,20)21)12(17)11(16)10(8)15;1-2/h3-5,20-21H,19H2,1-2H3;1-2H3. The van der Waals surface area contributed by atoms with Crippen LogP contribution in [0.4, 0.5) is 23.2 Å². The predicted molar refractivity (Wildman–Crippen MR) is 82.6 cm³/mol. The summed E-state index contributed by atoms with van der Waals surface area (Å²) in [5.74, 6) is -6.84. The lowest BCUT2D eigenvalue weighted by Gasteiger charge is -2.20. The maximum absolute atomic E-state index is 14.0. The number of nitrogen functional groups attached to an aromatic ring is 1. The van der Waals surface area contributed by atoms with Crippen molar-refractivity contribution in [3.05, 3.63) is 35.1 Å². The Morgan fingerprint density at radius 1 is 1.04 bits per heavy atom. The Balaban J connectivity index is 0.00000139. The van der Waals surface area contributed by atoms with Gasteiger partial charge >= 0.3 is 6.23 Å². The first-order valence-corrected chi connectivity index (χ1v) is 7.25. The van der Waals surface area contributed by atoms with Crippen LogP contribution in [0.15, 0.2) is 12.1 Å². The van der Waals surface area contributed by atoms with Crippen molar-refractivity contribution in [1.82, 2.24) is 0 Å². The molecule has 2 aromatic rings. The van der Waals surface area contributed by atoms with Gasteiger partial charge in [0.05, 0.1) is 0 Å². The molecule has 0 spiro atoms. The van der Waals surface area contributed by atoms with Crippen molar-refractivity contribution in [2.75, 3.05) is 5.73 Å². The van der Waals surface area contributed by atoms with Gasteiger partial charge in [0.1, 0.15) is 0 Å². The third-order valence-electron chi connectivity index (χ3n) is 3.09. The summed E-state index contributed by atoms with van der Waals surface area (Å²) >= 11 is 0. The van der Waals surface area contributed by atoms with E-state index in [0.717, 1.165) is 6.07 Å². The smallest absolute Gasteiger partial charge is 0.409 e. The van der Waals surface area contributed by atoms with Crippen LogP contribution in [0.25, 0.3) is 10.8 Å². The summed E-state index contributed by atoms with van der Waals surface area (Å²) in [6, 6.07) is 2.37. The molecule has 0 unspecified atom stereocenters. The van der Waals surface area contributed by atoms with Gasteiger partial charge in [-0.3, -0.25) is 0 Å². The third-order valence-corrected chi connectivity index (χ3v) is 3.09. The maximum Gasteiger partial charge on any atom is 0.492 e. The molecule has 134 valence electrons. The Bertz CT molecular complexity index is 743. The molecule has 0 aromatic heterocycles. The van der Waals surface area contributed by atoms with Gasteiger partial charge in [-0.15, -0.1) is 4.39 Å². The van der Waals surface area contributed by atoms with E-state index in [1.165, 1.54) is 6.07 Å². The van der Waals surface area contributed by atoms with Crippen LogP contribution in [0.1, 0.15) is 39.2 Å². The molecule has 0 amide bonds. The van der Waals surface area contributed by atoms with Crippen LogP contribution in [0, 0.1) is 17.5 Å². The Labute approximate surface area is 136 Å². The lowest BCUT2D eigenvalue weighted by atomic mass is 9.94. The second-order valence-electron chi connectivity index (χ2n) is 5.09. The summed E-state index contributed by atoms with van der Waals surface area (Å²) in [4.78, 5) is 0. The van der Waals surface area contributed by atoms with Gasteiger partial charge in [0.25, 0.3) is 0 Å². The average molecular weight is 349 g/mol. The van der Waals surface area contributed by atoms with E-state index in [0.29, 0.717) is 0 Å². The molecule has 0 heterocycles. The van der Waals surface area contributed by atoms with Crippen molar-refractivity contribution in [2.24, 2.45) is 0 Å². The number of fused-ring (bicyclic) bond motifs is 1. The van der Waals surface area contributed by atoms with E-state index in [1.807, 2.05) is 13.8 Å². The fraction of sp³-hybridized carbons (Fsp3) is 0.375. The number of hydrogen-bond acceptors (Lipinski definition) is 4. The van der Waals surface area contributed by atoms with E-state index >= 15 is 0 Å². The van der Waals surface area contributed by atoms with Crippen molar-refractivity contribution in [1.29, 1.82) is 0 Å². The zero-order chi connectivity index (χ0) is 18.8. The molecule has 2 aromatic carbocycles. The van der Waals surface area contributed by atoms with Crippen LogP contribution in [-0.4, -0.2) is 16.4 Å². The van der Waals surface area contributed by atoms with E-state index in [-0.39, 0.29) is 22.6 Å². The highest BCUT2D eigenvalue weighted by Crippen LogP contribution is 2.40. The van der Waals surface area contributed by atoms with E-state index in [4.69, 9.17) is 15.9 Å². The van der Waals surface area contributed by atoms with E-state index in [1.54, 1.807) is 13.8 Å². The van der Waals surface area contributed by atoms with Gasteiger partial charge < -0.3 is 20.7 Å². The molecular formula is C16H19F4NO3. The van der Waals surface area contributed by atoms with Crippen LogP contribution in [0.2, 0.25) is 0 Å². The summed E-state index contributed by atoms with van der Waals surface area (Å²) in [5.41, 5.74) is 5.90. The Hall–Kier alpha value is -2.06. The molecule has 0 bridgehead atoms. The Morgan fingerprint density at radius 2 is 1.58 bits per heavy atom. The largest absolute Gasteiger partial charge is 0.492 e. The minimum absolute atomic E-state index is 0.0755.